The van der Waals surface area contributed by atoms with Crippen molar-refractivity contribution in [2.45, 2.75) is 65.6 Å². The van der Waals surface area contributed by atoms with Gasteiger partial charge >= 0.3 is 0 Å². The van der Waals surface area contributed by atoms with Gasteiger partial charge in [0.15, 0.2) is 0 Å². The van der Waals surface area contributed by atoms with Gasteiger partial charge in [0.1, 0.15) is 12.6 Å². The van der Waals surface area contributed by atoms with Crippen molar-refractivity contribution >= 4 is 39.1 Å². The Morgan fingerprint density at radius 1 is 1.00 bits per heavy atom. The largest absolute Gasteiger partial charge is 0.350 e. The lowest BCUT2D eigenvalue weighted by atomic mass is 10.0. The Morgan fingerprint density at radius 3 is 2.06 bits per heavy atom. The highest BCUT2D eigenvalue weighted by atomic mass is 35.5. The number of nitrogens with zero attached hydrogens (tertiary/aromatic N) is 2. The van der Waals surface area contributed by atoms with E-state index in [0.29, 0.717) is 16.3 Å². The van der Waals surface area contributed by atoms with Crippen molar-refractivity contribution in [2.75, 3.05) is 17.1 Å². The SMILES string of the molecule is CC(C)c1ccc(N(CC(=O)N(Cc2ccccc2Cl)C(C)C(=O)NC(C)(C)C)S(C)(=O)=O)cc1. The molecule has 0 aliphatic heterocycles. The summed E-state index contributed by atoms with van der Waals surface area (Å²) >= 11 is 6.33. The molecule has 0 heterocycles. The molecule has 0 bridgehead atoms. The molecule has 0 aromatic heterocycles. The quantitative estimate of drug-likeness (QED) is 0.524. The van der Waals surface area contributed by atoms with Crippen LogP contribution in [-0.4, -0.2) is 49.5 Å². The Kier molecular flexibility index (Phi) is 9.36. The maximum Gasteiger partial charge on any atom is 0.244 e. The van der Waals surface area contributed by atoms with Crippen molar-refractivity contribution in [1.82, 2.24) is 10.2 Å². The van der Waals surface area contributed by atoms with E-state index < -0.39 is 34.1 Å². The van der Waals surface area contributed by atoms with Crippen LogP contribution in [0.5, 0.6) is 0 Å². The molecule has 2 rings (SSSR count). The average Bonchev–Trinajstić information content (AvgIpc) is 2.74. The van der Waals surface area contributed by atoms with E-state index in [4.69, 9.17) is 11.6 Å². The highest BCUT2D eigenvalue weighted by Gasteiger charge is 2.31. The number of nitrogens with one attached hydrogen (secondary N) is 1. The minimum atomic E-state index is -3.78. The Balaban J connectivity index is 2.42. The number of carbonyl (C=O) groups excluding carboxylic acids is 2. The summed E-state index contributed by atoms with van der Waals surface area (Å²) in [5.41, 5.74) is 1.60. The predicted octanol–water partition coefficient (Wildman–Crippen LogP) is 4.56. The van der Waals surface area contributed by atoms with E-state index in [0.717, 1.165) is 16.1 Å². The Labute approximate surface area is 214 Å². The van der Waals surface area contributed by atoms with E-state index >= 15 is 0 Å². The number of hydrogen-bond acceptors (Lipinski definition) is 4. The van der Waals surface area contributed by atoms with Gasteiger partial charge in [-0.2, -0.15) is 0 Å². The first kappa shape index (κ1) is 28.7. The summed E-state index contributed by atoms with van der Waals surface area (Å²) in [6, 6.07) is 13.3. The summed E-state index contributed by atoms with van der Waals surface area (Å²) in [7, 11) is -3.78. The van der Waals surface area contributed by atoms with Crippen LogP contribution in [0.3, 0.4) is 0 Å². The summed E-state index contributed by atoms with van der Waals surface area (Å²) in [5, 5.41) is 3.35. The molecule has 1 N–H and O–H groups in total. The lowest BCUT2D eigenvalue weighted by molar-refractivity contribution is -0.140. The zero-order chi connectivity index (χ0) is 26.6. The average molecular weight is 522 g/mol. The van der Waals surface area contributed by atoms with Crippen molar-refractivity contribution in [3.05, 3.63) is 64.7 Å². The van der Waals surface area contributed by atoms with Crippen LogP contribution < -0.4 is 9.62 Å². The second kappa shape index (κ2) is 11.4. The molecule has 2 aromatic rings. The van der Waals surface area contributed by atoms with Crippen LogP contribution in [0.15, 0.2) is 48.5 Å². The van der Waals surface area contributed by atoms with Crippen LogP contribution in [0.2, 0.25) is 5.02 Å². The molecule has 1 unspecified atom stereocenters. The molecule has 0 radical (unpaired) electrons. The predicted molar refractivity (Wildman–Crippen MR) is 142 cm³/mol. The highest BCUT2D eigenvalue weighted by Crippen LogP contribution is 2.24. The van der Waals surface area contributed by atoms with E-state index in [1.165, 1.54) is 4.90 Å². The van der Waals surface area contributed by atoms with Crippen molar-refractivity contribution in [3.63, 3.8) is 0 Å². The van der Waals surface area contributed by atoms with Crippen LogP contribution in [-0.2, 0) is 26.2 Å². The molecule has 7 nitrogen and oxygen atoms in total. The van der Waals surface area contributed by atoms with Crippen molar-refractivity contribution < 1.29 is 18.0 Å². The fraction of sp³-hybridized carbons (Fsp3) is 0.462. The van der Waals surface area contributed by atoms with Crippen LogP contribution in [0.25, 0.3) is 0 Å². The molecule has 35 heavy (non-hydrogen) atoms. The van der Waals surface area contributed by atoms with E-state index in [1.807, 2.05) is 46.8 Å². The van der Waals surface area contributed by atoms with Crippen LogP contribution in [0, 0.1) is 0 Å². The monoisotopic (exact) mass is 521 g/mol. The second-order valence-corrected chi connectivity index (χ2v) is 12.4. The number of benzene rings is 2. The standard InChI is InChI=1S/C26H36ClN3O4S/c1-18(2)20-12-14-22(15-13-20)30(35(7,33)34)17-24(31)29(16-21-10-8-9-11-23(21)27)19(3)25(32)28-26(4,5)6/h8-15,18-19H,16-17H2,1-7H3,(H,28,32). The van der Waals surface area contributed by atoms with Crippen LogP contribution in [0.4, 0.5) is 5.69 Å². The first-order chi connectivity index (χ1) is 16.1. The third-order valence-corrected chi connectivity index (χ3v) is 7.00. The summed E-state index contributed by atoms with van der Waals surface area (Å²) in [6.45, 7) is 10.9. The maximum absolute atomic E-state index is 13.6. The van der Waals surface area contributed by atoms with Gasteiger partial charge in [0, 0.05) is 17.1 Å². The van der Waals surface area contributed by atoms with Gasteiger partial charge in [0.25, 0.3) is 0 Å². The number of amides is 2. The Morgan fingerprint density at radius 2 is 1.57 bits per heavy atom. The molecule has 0 aliphatic rings. The van der Waals surface area contributed by atoms with Gasteiger partial charge in [0.05, 0.1) is 11.9 Å². The van der Waals surface area contributed by atoms with E-state index in [1.54, 1.807) is 43.3 Å². The number of sulfonamides is 1. The summed E-state index contributed by atoms with van der Waals surface area (Å²) in [4.78, 5) is 27.9. The molecule has 0 fully saturated rings. The van der Waals surface area contributed by atoms with Crippen LogP contribution in [0.1, 0.15) is 58.6 Å². The van der Waals surface area contributed by atoms with Gasteiger partial charge in [-0.05, 0) is 62.9 Å². The fourth-order valence-corrected chi connectivity index (χ4v) is 4.55. The minimum absolute atomic E-state index is 0.0567. The van der Waals surface area contributed by atoms with E-state index in [-0.39, 0.29) is 18.4 Å². The summed E-state index contributed by atoms with van der Waals surface area (Å²) in [5.74, 6) is -0.574. The molecule has 2 aromatic carbocycles. The maximum atomic E-state index is 13.6. The highest BCUT2D eigenvalue weighted by molar-refractivity contribution is 7.92. The Hall–Kier alpha value is -2.58. The van der Waals surface area contributed by atoms with Crippen molar-refractivity contribution in [3.8, 4) is 0 Å². The van der Waals surface area contributed by atoms with Crippen molar-refractivity contribution in [1.29, 1.82) is 0 Å². The lowest BCUT2D eigenvalue weighted by Crippen LogP contribution is -2.54. The van der Waals surface area contributed by atoms with Crippen LogP contribution >= 0.6 is 11.6 Å². The number of hydrogen-bond donors (Lipinski definition) is 1. The molecule has 9 heteroatoms. The second-order valence-electron chi connectivity index (χ2n) is 10.0. The zero-order valence-electron chi connectivity index (χ0n) is 21.5. The molecule has 0 spiro atoms. The normalized spacial score (nSPS) is 12.8. The van der Waals surface area contributed by atoms with Gasteiger partial charge < -0.3 is 10.2 Å². The topological polar surface area (TPSA) is 86.8 Å². The molecule has 0 saturated carbocycles. The van der Waals surface area contributed by atoms with Crippen molar-refractivity contribution in [2.24, 2.45) is 0 Å². The molecular formula is C26H36ClN3O4S. The smallest absolute Gasteiger partial charge is 0.244 e. The number of anilines is 1. The van der Waals surface area contributed by atoms with Gasteiger partial charge in [-0.15, -0.1) is 0 Å². The van der Waals surface area contributed by atoms with E-state index in [9.17, 15) is 18.0 Å². The summed E-state index contributed by atoms with van der Waals surface area (Å²) < 4.78 is 26.4. The molecule has 2 amide bonds. The minimum Gasteiger partial charge on any atom is -0.350 e. The van der Waals surface area contributed by atoms with Gasteiger partial charge in [0.2, 0.25) is 21.8 Å². The number of carbonyl (C=O) groups is 2. The van der Waals surface area contributed by atoms with Gasteiger partial charge in [-0.25, -0.2) is 8.42 Å². The number of rotatable bonds is 9. The molecule has 0 aliphatic carbocycles. The number of halogens is 1. The molecule has 0 saturated heterocycles. The van der Waals surface area contributed by atoms with E-state index in [2.05, 4.69) is 5.32 Å². The van der Waals surface area contributed by atoms with Gasteiger partial charge in [-0.1, -0.05) is 55.8 Å². The third-order valence-electron chi connectivity index (χ3n) is 5.49. The third kappa shape index (κ3) is 8.25. The lowest BCUT2D eigenvalue weighted by Gasteiger charge is -2.33. The molecular weight excluding hydrogens is 486 g/mol. The molecule has 192 valence electrons. The Bertz CT molecular complexity index is 1140. The first-order valence-electron chi connectivity index (χ1n) is 11.5. The molecule has 1 atom stereocenters. The first-order valence-corrected chi connectivity index (χ1v) is 13.8. The fourth-order valence-electron chi connectivity index (χ4n) is 3.51. The summed E-state index contributed by atoms with van der Waals surface area (Å²) in [6.07, 6.45) is 1.06. The van der Waals surface area contributed by atoms with Gasteiger partial charge in [-0.3, -0.25) is 13.9 Å². The zero-order valence-corrected chi connectivity index (χ0v) is 23.1.